The van der Waals surface area contributed by atoms with Crippen molar-refractivity contribution in [3.05, 3.63) is 70.8 Å². The predicted molar refractivity (Wildman–Crippen MR) is 110 cm³/mol. The number of halogens is 1. The van der Waals surface area contributed by atoms with E-state index in [9.17, 15) is 4.79 Å². The van der Waals surface area contributed by atoms with Crippen molar-refractivity contribution in [2.45, 2.75) is 0 Å². The largest absolute Gasteiger partial charge is 0.454 e. The van der Waals surface area contributed by atoms with Gasteiger partial charge in [-0.3, -0.25) is 9.89 Å². The Morgan fingerprint density at radius 1 is 1.07 bits per heavy atom. The molecule has 0 aliphatic carbocycles. The molecule has 3 aromatic carbocycles. The maximum atomic E-state index is 13.0. The number of benzene rings is 3. The van der Waals surface area contributed by atoms with Crippen molar-refractivity contribution in [2.75, 3.05) is 12.1 Å². The van der Waals surface area contributed by atoms with Crippen LogP contribution in [0.25, 0.3) is 21.9 Å². The van der Waals surface area contributed by atoms with E-state index < -0.39 is 0 Å². The van der Waals surface area contributed by atoms with E-state index in [1.165, 1.54) is 0 Å². The van der Waals surface area contributed by atoms with Crippen LogP contribution in [0.15, 0.2) is 65.3 Å². The lowest BCUT2D eigenvalue weighted by atomic mass is 10.0. The predicted octanol–water partition coefficient (Wildman–Crippen LogP) is 4.97. The Morgan fingerprint density at radius 2 is 1.89 bits per heavy atom. The molecule has 0 bridgehead atoms. The van der Waals surface area contributed by atoms with Gasteiger partial charge in [0.15, 0.2) is 11.5 Å². The number of carbonyl (C=O) groups is 1. The Bertz CT molecular complexity index is 1210. The van der Waals surface area contributed by atoms with Gasteiger partial charge in [0, 0.05) is 21.0 Å². The Balaban J connectivity index is 1.50. The molecule has 4 aromatic rings. The standard InChI is InChI=1S/C21H14BrN3O3/c22-16-6-2-4-12-3-1-5-14(19(12)16)21(26)24-20-15(10-23-25-20)13-7-8-17-18(9-13)28-11-27-17/h1-10H,11H2,(H2,23,24,25,26). The molecule has 0 spiro atoms. The minimum Gasteiger partial charge on any atom is -0.454 e. The number of H-pyrrole nitrogens is 1. The summed E-state index contributed by atoms with van der Waals surface area (Å²) in [5.41, 5.74) is 2.22. The van der Waals surface area contributed by atoms with E-state index in [4.69, 9.17) is 9.47 Å². The maximum absolute atomic E-state index is 13.0. The van der Waals surface area contributed by atoms with Gasteiger partial charge in [0.05, 0.1) is 6.20 Å². The van der Waals surface area contributed by atoms with Crippen molar-refractivity contribution >= 4 is 38.4 Å². The zero-order chi connectivity index (χ0) is 19.1. The third-order valence-electron chi connectivity index (χ3n) is 4.66. The van der Waals surface area contributed by atoms with Gasteiger partial charge in [0.1, 0.15) is 5.82 Å². The molecule has 1 aromatic heterocycles. The van der Waals surface area contributed by atoms with E-state index in [1.54, 1.807) is 12.3 Å². The molecular formula is C21H14BrN3O3. The van der Waals surface area contributed by atoms with Crippen molar-refractivity contribution < 1.29 is 14.3 Å². The summed E-state index contributed by atoms with van der Waals surface area (Å²) in [5.74, 6) is 1.68. The van der Waals surface area contributed by atoms with E-state index in [0.29, 0.717) is 22.9 Å². The maximum Gasteiger partial charge on any atom is 0.257 e. The molecule has 0 atom stereocenters. The van der Waals surface area contributed by atoms with Gasteiger partial charge in [-0.25, -0.2) is 0 Å². The average Bonchev–Trinajstić information content (AvgIpc) is 3.36. The van der Waals surface area contributed by atoms with Crippen molar-refractivity contribution in [3.8, 4) is 22.6 Å². The van der Waals surface area contributed by atoms with Gasteiger partial charge in [-0.05, 0) is 35.2 Å². The van der Waals surface area contributed by atoms with Crippen LogP contribution in [0.3, 0.4) is 0 Å². The summed E-state index contributed by atoms with van der Waals surface area (Å²) in [6.07, 6.45) is 1.67. The number of ether oxygens (including phenoxy) is 2. The molecule has 0 fully saturated rings. The first kappa shape index (κ1) is 16.8. The molecule has 0 saturated carbocycles. The molecule has 28 heavy (non-hydrogen) atoms. The Morgan fingerprint density at radius 3 is 2.79 bits per heavy atom. The quantitative estimate of drug-likeness (QED) is 0.476. The van der Waals surface area contributed by atoms with Crippen molar-refractivity contribution in [1.29, 1.82) is 0 Å². The molecule has 7 heteroatoms. The van der Waals surface area contributed by atoms with Crippen molar-refractivity contribution in [2.24, 2.45) is 0 Å². The highest BCUT2D eigenvalue weighted by Crippen LogP contribution is 2.37. The molecule has 2 heterocycles. The number of nitrogens with zero attached hydrogens (tertiary/aromatic N) is 1. The highest BCUT2D eigenvalue weighted by molar-refractivity contribution is 9.10. The van der Waals surface area contributed by atoms with Crippen LogP contribution in [-0.4, -0.2) is 22.9 Å². The molecule has 0 radical (unpaired) electrons. The lowest BCUT2D eigenvalue weighted by molar-refractivity contribution is 0.102. The highest BCUT2D eigenvalue weighted by atomic mass is 79.9. The Labute approximate surface area is 168 Å². The average molecular weight is 436 g/mol. The summed E-state index contributed by atoms with van der Waals surface area (Å²) in [7, 11) is 0. The van der Waals surface area contributed by atoms with Crippen LogP contribution in [-0.2, 0) is 0 Å². The monoisotopic (exact) mass is 435 g/mol. The van der Waals surface area contributed by atoms with Crippen LogP contribution >= 0.6 is 15.9 Å². The van der Waals surface area contributed by atoms with Gasteiger partial charge < -0.3 is 14.8 Å². The van der Waals surface area contributed by atoms with Crippen LogP contribution in [0.4, 0.5) is 5.82 Å². The number of hydrogen-bond acceptors (Lipinski definition) is 4. The number of nitrogens with one attached hydrogen (secondary N) is 2. The molecule has 1 aliphatic rings. The normalized spacial score (nSPS) is 12.3. The zero-order valence-corrected chi connectivity index (χ0v) is 16.1. The second kappa shape index (κ2) is 6.69. The smallest absolute Gasteiger partial charge is 0.257 e. The van der Waals surface area contributed by atoms with Crippen LogP contribution in [0.1, 0.15) is 10.4 Å². The van der Waals surface area contributed by atoms with Gasteiger partial charge in [-0.15, -0.1) is 0 Å². The SMILES string of the molecule is O=C(Nc1[nH]ncc1-c1ccc2c(c1)OCO2)c1cccc2cccc(Br)c12. The topological polar surface area (TPSA) is 76.2 Å². The molecule has 1 amide bonds. The van der Waals surface area contributed by atoms with E-state index >= 15 is 0 Å². The van der Waals surface area contributed by atoms with E-state index in [2.05, 4.69) is 31.4 Å². The number of carbonyl (C=O) groups excluding carboxylic acids is 1. The van der Waals surface area contributed by atoms with E-state index in [-0.39, 0.29) is 12.7 Å². The lowest BCUT2D eigenvalue weighted by Crippen LogP contribution is -2.13. The number of hydrogen-bond donors (Lipinski definition) is 2. The minimum atomic E-state index is -0.219. The fraction of sp³-hybridized carbons (Fsp3) is 0.0476. The summed E-state index contributed by atoms with van der Waals surface area (Å²) < 4.78 is 11.7. The number of aromatic nitrogens is 2. The first-order valence-corrected chi connectivity index (χ1v) is 9.42. The lowest BCUT2D eigenvalue weighted by Gasteiger charge is -2.10. The summed E-state index contributed by atoms with van der Waals surface area (Å²) in [4.78, 5) is 13.0. The third kappa shape index (κ3) is 2.80. The summed E-state index contributed by atoms with van der Waals surface area (Å²) in [6, 6.07) is 17.1. The fourth-order valence-electron chi connectivity index (χ4n) is 3.33. The summed E-state index contributed by atoms with van der Waals surface area (Å²) in [6.45, 7) is 0.212. The highest BCUT2D eigenvalue weighted by Gasteiger charge is 2.18. The molecule has 138 valence electrons. The van der Waals surface area contributed by atoms with E-state index in [1.807, 2.05) is 48.5 Å². The van der Waals surface area contributed by atoms with Crippen LogP contribution in [0, 0.1) is 0 Å². The number of anilines is 1. The second-order valence-electron chi connectivity index (χ2n) is 6.32. The number of fused-ring (bicyclic) bond motifs is 2. The van der Waals surface area contributed by atoms with Gasteiger partial charge in [-0.2, -0.15) is 5.10 Å². The molecule has 1 aliphatic heterocycles. The van der Waals surface area contributed by atoms with Gasteiger partial charge in [0.2, 0.25) is 6.79 Å². The van der Waals surface area contributed by atoms with Crippen molar-refractivity contribution in [1.82, 2.24) is 10.2 Å². The van der Waals surface area contributed by atoms with Crippen LogP contribution in [0.2, 0.25) is 0 Å². The zero-order valence-electron chi connectivity index (χ0n) is 14.5. The third-order valence-corrected chi connectivity index (χ3v) is 5.32. The molecule has 6 nitrogen and oxygen atoms in total. The van der Waals surface area contributed by atoms with Gasteiger partial charge in [0.25, 0.3) is 5.91 Å². The minimum absolute atomic E-state index is 0.212. The number of amides is 1. The van der Waals surface area contributed by atoms with Gasteiger partial charge >= 0.3 is 0 Å². The molecule has 2 N–H and O–H groups in total. The Hall–Kier alpha value is -3.32. The molecule has 0 saturated heterocycles. The van der Waals surface area contributed by atoms with Crippen molar-refractivity contribution in [3.63, 3.8) is 0 Å². The Kier molecular flexibility index (Phi) is 4.02. The molecule has 5 rings (SSSR count). The number of rotatable bonds is 3. The fourth-order valence-corrected chi connectivity index (χ4v) is 3.92. The van der Waals surface area contributed by atoms with Crippen LogP contribution in [0.5, 0.6) is 11.5 Å². The van der Waals surface area contributed by atoms with Gasteiger partial charge in [-0.1, -0.05) is 46.3 Å². The molecule has 0 unspecified atom stereocenters. The first-order chi connectivity index (χ1) is 13.7. The van der Waals surface area contributed by atoms with Crippen LogP contribution < -0.4 is 14.8 Å². The second-order valence-corrected chi connectivity index (χ2v) is 7.18. The molecular weight excluding hydrogens is 422 g/mol. The first-order valence-electron chi connectivity index (χ1n) is 8.63. The number of aromatic amines is 1. The summed E-state index contributed by atoms with van der Waals surface area (Å²) in [5, 5.41) is 11.8. The summed E-state index contributed by atoms with van der Waals surface area (Å²) >= 11 is 3.55. The van der Waals surface area contributed by atoms with E-state index in [0.717, 1.165) is 26.4 Å².